The highest BCUT2D eigenvalue weighted by atomic mass is 16.5. The molecule has 2 saturated heterocycles. The number of rotatable bonds is 4. The molecule has 2 aliphatic rings. The first kappa shape index (κ1) is 14.3. The molecule has 5 heteroatoms. The van der Waals surface area contributed by atoms with Gasteiger partial charge in [0.2, 0.25) is 5.91 Å². The van der Waals surface area contributed by atoms with Crippen molar-refractivity contribution in [3.63, 3.8) is 0 Å². The first-order valence-corrected chi connectivity index (χ1v) is 7.36. The summed E-state index contributed by atoms with van der Waals surface area (Å²) in [6.45, 7) is 6.66. The lowest BCUT2D eigenvalue weighted by molar-refractivity contribution is -0.150. The fourth-order valence-electron chi connectivity index (χ4n) is 3.09. The molecule has 1 amide bonds. The Morgan fingerprint density at radius 1 is 1.21 bits per heavy atom. The minimum atomic E-state index is -0.235. The molecule has 0 aromatic rings. The van der Waals surface area contributed by atoms with E-state index in [2.05, 4.69) is 0 Å². The summed E-state index contributed by atoms with van der Waals surface area (Å²) in [4.78, 5) is 28.2. The molecular weight excluding hydrogens is 244 g/mol. The van der Waals surface area contributed by atoms with Crippen LogP contribution in [0.4, 0.5) is 0 Å². The van der Waals surface area contributed by atoms with Crippen LogP contribution in [0.25, 0.3) is 0 Å². The Hall–Kier alpha value is -1.10. The van der Waals surface area contributed by atoms with Crippen molar-refractivity contribution in [1.82, 2.24) is 9.80 Å². The third-order valence-electron chi connectivity index (χ3n) is 4.13. The predicted molar refractivity (Wildman–Crippen MR) is 71.6 cm³/mol. The van der Waals surface area contributed by atoms with E-state index in [-0.39, 0.29) is 24.0 Å². The summed E-state index contributed by atoms with van der Waals surface area (Å²) in [7, 11) is 0. The SMILES string of the molecule is CCOC(=O)C1CCCN1C(C)C(=O)N1CCCC1. The van der Waals surface area contributed by atoms with Crippen molar-refractivity contribution in [3.8, 4) is 0 Å². The summed E-state index contributed by atoms with van der Waals surface area (Å²) in [6.07, 6.45) is 3.96. The zero-order valence-corrected chi connectivity index (χ0v) is 11.9. The van der Waals surface area contributed by atoms with Gasteiger partial charge in [0.15, 0.2) is 0 Å². The highest BCUT2D eigenvalue weighted by Crippen LogP contribution is 2.23. The minimum absolute atomic E-state index is 0.161. The van der Waals surface area contributed by atoms with Gasteiger partial charge in [-0.05, 0) is 46.1 Å². The van der Waals surface area contributed by atoms with E-state index < -0.39 is 0 Å². The maximum Gasteiger partial charge on any atom is 0.323 e. The first-order chi connectivity index (χ1) is 9.15. The summed E-state index contributed by atoms with van der Waals surface area (Å²) in [5.74, 6) is -0.0187. The molecular formula is C14H24N2O3. The van der Waals surface area contributed by atoms with E-state index in [1.165, 1.54) is 0 Å². The summed E-state index contributed by atoms with van der Waals surface area (Å²) < 4.78 is 5.11. The van der Waals surface area contributed by atoms with Crippen LogP contribution in [0.15, 0.2) is 0 Å². The smallest absolute Gasteiger partial charge is 0.323 e. The van der Waals surface area contributed by atoms with E-state index in [0.29, 0.717) is 6.61 Å². The third-order valence-corrected chi connectivity index (χ3v) is 4.13. The number of nitrogens with zero attached hydrogens (tertiary/aromatic N) is 2. The van der Waals surface area contributed by atoms with Crippen molar-refractivity contribution in [2.75, 3.05) is 26.2 Å². The van der Waals surface area contributed by atoms with E-state index in [1.807, 2.05) is 23.6 Å². The van der Waals surface area contributed by atoms with E-state index in [1.54, 1.807) is 0 Å². The van der Waals surface area contributed by atoms with Crippen LogP contribution in [-0.2, 0) is 14.3 Å². The molecule has 2 fully saturated rings. The molecule has 0 saturated carbocycles. The van der Waals surface area contributed by atoms with E-state index in [0.717, 1.165) is 45.3 Å². The van der Waals surface area contributed by atoms with Gasteiger partial charge < -0.3 is 9.64 Å². The Bertz CT molecular complexity index is 340. The number of carbonyl (C=O) groups is 2. The summed E-state index contributed by atoms with van der Waals surface area (Å²) in [5, 5.41) is 0. The normalized spacial score (nSPS) is 25.6. The van der Waals surface area contributed by atoms with E-state index in [9.17, 15) is 9.59 Å². The number of esters is 1. The Balaban J connectivity index is 1.98. The van der Waals surface area contributed by atoms with Crippen LogP contribution < -0.4 is 0 Å². The van der Waals surface area contributed by atoms with Crippen LogP contribution in [0.1, 0.15) is 39.5 Å². The zero-order chi connectivity index (χ0) is 13.8. The lowest BCUT2D eigenvalue weighted by Gasteiger charge is -2.31. The number of hydrogen-bond donors (Lipinski definition) is 0. The molecule has 0 aromatic heterocycles. The van der Waals surface area contributed by atoms with Crippen molar-refractivity contribution >= 4 is 11.9 Å². The van der Waals surface area contributed by atoms with E-state index >= 15 is 0 Å². The van der Waals surface area contributed by atoms with Crippen LogP contribution >= 0.6 is 0 Å². The van der Waals surface area contributed by atoms with Gasteiger partial charge in [0.1, 0.15) is 6.04 Å². The molecule has 0 bridgehead atoms. The number of ether oxygens (including phenoxy) is 1. The predicted octanol–water partition coefficient (Wildman–Crippen LogP) is 1.02. The maximum atomic E-state index is 12.4. The lowest BCUT2D eigenvalue weighted by Crippen LogP contribution is -2.50. The molecule has 2 heterocycles. The molecule has 0 radical (unpaired) electrons. The zero-order valence-electron chi connectivity index (χ0n) is 11.9. The molecule has 0 spiro atoms. The number of hydrogen-bond acceptors (Lipinski definition) is 4. The average molecular weight is 268 g/mol. The van der Waals surface area contributed by atoms with Gasteiger partial charge in [0.05, 0.1) is 12.6 Å². The van der Waals surface area contributed by atoms with Gasteiger partial charge in [-0.3, -0.25) is 14.5 Å². The average Bonchev–Trinajstić information content (AvgIpc) is 3.08. The molecule has 0 N–H and O–H groups in total. The van der Waals surface area contributed by atoms with Gasteiger partial charge in [0, 0.05) is 13.1 Å². The highest BCUT2D eigenvalue weighted by Gasteiger charge is 2.38. The van der Waals surface area contributed by atoms with Crippen LogP contribution in [0.3, 0.4) is 0 Å². The van der Waals surface area contributed by atoms with Gasteiger partial charge in [-0.25, -0.2) is 0 Å². The molecule has 0 aromatic carbocycles. The van der Waals surface area contributed by atoms with Crippen LogP contribution in [0.5, 0.6) is 0 Å². The Morgan fingerprint density at radius 3 is 2.53 bits per heavy atom. The number of likely N-dealkylation sites (tertiary alicyclic amines) is 2. The molecule has 2 unspecified atom stereocenters. The molecule has 0 aliphatic carbocycles. The third kappa shape index (κ3) is 3.08. The number of carbonyl (C=O) groups excluding carboxylic acids is 2. The fraction of sp³-hybridized carbons (Fsp3) is 0.857. The minimum Gasteiger partial charge on any atom is -0.465 e. The van der Waals surface area contributed by atoms with Gasteiger partial charge >= 0.3 is 5.97 Å². The van der Waals surface area contributed by atoms with Crippen LogP contribution in [-0.4, -0.2) is 60.0 Å². The van der Waals surface area contributed by atoms with Gasteiger partial charge in [-0.15, -0.1) is 0 Å². The second-order valence-electron chi connectivity index (χ2n) is 5.36. The molecule has 2 rings (SSSR count). The highest BCUT2D eigenvalue weighted by molar-refractivity contribution is 5.83. The summed E-state index contributed by atoms with van der Waals surface area (Å²) >= 11 is 0. The van der Waals surface area contributed by atoms with Crippen LogP contribution in [0.2, 0.25) is 0 Å². The quantitative estimate of drug-likeness (QED) is 0.714. The monoisotopic (exact) mass is 268 g/mol. The Kier molecular flexibility index (Phi) is 4.80. The maximum absolute atomic E-state index is 12.4. The van der Waals surface area contributed by atoms with Crippen molar-refractivity contribution in [2.24, 2.45) is 0 Å². The van der Waals surface area contributed by atoms with Crippen molar-refractivity contribution in [1.29, 1.82) is 0 Å². The van der Waals surface area contributed by atoms with Crippen LogP contribution in [0, 0.1) is 0 Å². The molecule has 2 aliphatic heterocycles. The van der Waals surface area contributed by atoms with Crippen molar-refractivity contribution in [3.05, 3.63) is 0 Å². The Morgan fingerprint density at radius 2 is 1.89 bits per heavy atom. The number of amides is 1. The molecule has 5 nitrogen and oxygen atoms in total. The molecule has 2 atom stereocenters. The van der Waals surface area contributed by atoms with E-state index in [4.69, 9.17) is 4.74 Å². The summed E-state index contributed by atoms with van der Waals surface area (Å²) in [5.41, 5.74) is 0. The van der Waals surface area contributed by atoms with Gasteiger partial charge in [-0.2, -0.15) is 0 Å². The van der Waals surface area contributed by atoms with Gasteiger partial charge in [-0.1, -0.05) is 0 Å². The lowest BCUT2D eigenvalue weighted by atomic mass is 10.2. The fourth-order valence-corrected chi connectivity index (χ4v) is 3.09. The van der Waals surface area contributed by atoms with Gasteiger partial charge in [0.25, 0.3) is 0 Å². The topological polar surface area (TPSA) is 49.9 Å². The molecule has 19 heavy (non-hydrogen) atoms. The van der Waals surface area contributed by atoms with Crippen molar-refractivity contribution in [2.45, 2.75) is 51.6 Å². The first-order valence-electron chi connectivity index (χ1n) is 7.36. The second kappa shape index (κ2) is 6.37. The Labute approximate surface area is 114 Å². The standard InChI is InChI=1S/C14H24N2O3/c1-3-19-14(18)12-7-6-10-16(12)11(2)13(17)15-8-4-5-9-15/h11-12H,3-10H2,1-2H3. The van der Waals surface area contributed by atoms with Crippen molar-refractivity contribution < 1.29 is 14.3 Å². The largest absolute Gasteiger partial charge is 0.465 e. The second-order valence-corrected chi connectivity index (χ2v) is 5.36. The molecule has 108 valence electrons. The summed E-state index contributed by atoms with van der Waals surface area (Å²) in [6, 6.07) is -0.448.